The quantitative estimate of drug-likeness (QED) is 0.385. The van der Waals surface area contributed by atoms with Gasteiger partial charge in [-0.05, 0) is 31.9 Å². The molecule has 1 aromatic heterocycles. The maximum atomic E-state index is 5.76. The van der Waals surface area contributed by atoms with E-state index in [2.05, 4.69) is 22.5 Å². The highest BCUT2D eigenvalue weighted by Crippen LogP contribution is 2.23. The second-order valence-electron chi connectivity index (χ2n) is 5.74. The monoisotopic (exact) mass is 282 g/mol. The first-order valence-electron chi connectivity index (χ1n) is 7.69. The van der Waals surface area contributed by atoms with Crippen LogP contribution in [-0.2, 0) is 0 Å². The van der Waals surface area contributed by atoms with E-state index in [1.807, 2.05) is 25.1 Å². The van der Waals surface area contributed by atoms with Crippen LogP contribution in [0.4, 0.5) is 0 Å². The third kappa shape index (κ3) is 3.05. The van der Waals surface area contributed by atoms with Crippen molar-refractivity contribution < 1.29 is 0 Å². The van der Waals surface area contributed by atoms with Crippen molar-refractivity contribution >= 4 is 16.7 Å². The lowest BCUT2D eigenvalue weighted by Gasteiger charge is -2.20. The Balaban J connectivity index is 2.05. The lowest BCUT2D eigenvalue weighted by atomic mass is 9.96. The van der Waals surface area contributed by atoms with Crippen LogP contribution >= 0.6 is 0 Å². The van der Waals surface area contributed by atoms with Crippen molar-refractivity contribution in [2.75, 3.05) is 0 Å². The van der Waals surface area contributed by atoms with Crippen molar-refractivity contribution in [3.05, 3.63) is 41.6 Å². The number of pyridine rings is 1. The minimum absolute atomic E-state index is 0.386. The summed E-state index contributed by atoms with van der Waals surface area (Å²) in [6.45, 7) is 2.00. The largest absolute Gasteiger partial charge is 0.308 e. The smallest absolute Gasteiger partial charge is 0.143 e. The summed E-state index contributed by atoms with van der Waals surface area (Å²) in [6, 6.07) is 10.6. The molecule has 1 aromatic carbocycles. The van der Waals surface area contributed by atoms with Gasteiger partial charge in [0.15, 0.2) is 0 Å². The van der Waals surface area contributed by atoms with Gasteiger partial charge in [-0.15, -0.1) is 0 Å². The van der Waals surface area contributed by atoms with Gasteiger partial charge in [0.2, 0.25) is 0 Å². The minimum Gasteiger partial charge on any atom is -0.308 e. The summed E-state index contributed by atoms with van der Waals surface area (Å²) >= 11 is 0. The van der Waals surface area contributed by atoms with E-state index in [4.69, 9.17) is 10.8 Å². The summed E-state index contributed by atoms with van der Waals surface area (Å²) in [5.74, 6) is 6.54. The number of hydrazine groups is 1. The van der Waals surface area contributed by atoms with Gasteiger partial charge < -0.3 is 5.43 Å². The molecule has 0 aliphatic heterocycles. The Morgan fingerprint density at radius 2 is 2.00 bits per heavy atom. The predicted molar refractivity (Wildman–Crippen MR) is 87.2 cm³/mol. The normalized spacial score (nSPS) is 17.1. The molecule has 0 spiro atoms. The number of aromatic nitrogens is 1. The van der Waals surface area contributed by atoms with Crippen molar-refractivity contribution in [3.8, 4) is 0 Å². The summed E-state index contributed by atoms with van der Waals surface area (Å²) in [7, 11) is 0. The first-order valence-corrected chi connectivity index (χ1v) is 7.69. The highest BCUT2D eigenvalue weighted by Gasteiger charge is 2.15. The Labute approximate surface area is 125 Å². The maximum absolute atomic E-state index is 5.76. The summed E-state index contributed by atoms with van der Waals surface area (Å²) in [6.07, 6.45) is 6.18. The van der Waals surface area contributed by atoms with E-state index >= 15 is 0 Å². The van der Waals surface area contributed by atoms with E-state index in [0.29, 0.717) is 6.04 Å². The molecule has 1 aliphatic rings. The number of hydrogen-bond acceptors (Lipinski definition) is 3. The number of nitrogens with two attached hydrogens (primary N) is 1. The molecular weight excluding hydrogens is 260 g/mol. The first kappa shape index (κ1) is 14.0. The van der Waals surface area contributed by atoms with E-state index in [0.717, 1.165) is 40.8 Å². The van der Waals surface area contributed by atoms with Crippen molar-refractivity contribution in [1.82, 2.24) is 10.4 Å². The van der Waals surface area contributed by atoms with Gasteiger partial charge in [0.05, 0.1) is 11.6 Å². The summed E-state index contributed by atoms with van der Waals surface area (Å²) < 4.78 is 0. The van der Waals surface area contributed by atoms with Gasteiger partial charge in [-0.1, -0.05) is 37.5 Å². The van der Waals surface area contributed by atoms with Crippen LogP contribution in [0.5, 0.6) is 0 Å². The lowest BCUT2D eigenvalue weighted by Crippen LogP contribution is -2.33. The number of hydrogen-bond donors (Lipinski definition) is 2. The Kier molecular flexibility index (Phi) is 4.15. The molecule has 0 amide bonds. The molecule has 110 valence electrons. The fraction of sp³-hybridized carbons (Fsp3) is 0.412. The molecule has 1 aliphatic carbocycles. The number of amidine groups is 1. The van der Waals surface area contributed by atoms with E-state index in [-0.39, 0.29) is 0 Å². The summed E-state index contributed by atoms with van der Waals surface area (Å²) in [5.41, 5.74) is 5.82. The van der Waals surface area contributed by atoms with Crippen LogP contribution in [0.3, 0.4) is 0 Å². The number of aliphatic imine (C=N–C) groups is 1. The minimum atomic E-state index is 0.386. The number of nitrogens with zero attached hydrogens (tertiary/aromatic N) is 2. The van der Waals surface area contributed by atoms with Crippen LogP contribution < -0.4 is 11.3 Å². The number of para-hydroxylation sites is 1. The highest BCUT2D eigenvalue weighted by molar-refractivity contribution is 6.08. The molecule has 4 heteroatoms. The van der Waals surface area contributed by atoms with Crippen LogP contribution in [0.2, 0.25) is 0 Å². The highest BCUT2D eigenvalue weighted by atomic mass is 15.3. The van der Waals surface area contributed by atoms with E-state index in [1.165, 1.54) is 19.3 Å². The van der Waals surface area contributed by atoms with Gasteiger partial charge in [0, 0.05) is 16.6 Å². The molecule has 3 rings (SSSR count). The van der Waals surface area contributed by atoms with Crippen LogP contribution in [0.25, 0.3) is 10.9 Å². The molecule has 2 aromatic rings. The van der Waals surface area contributed by atoms with E-state index < -0.39 is 0 Å². The van der Waals surface area contributed by atoms with Gasteiger partial charge in [0.25, 0.3) is 0 Å². The molecule has 0 radical (unpaired) electrons. The van der Waals surface area contributed by atoms with Gasteiger partial charge >= 0.3 is 0 Å². The fourth-order valence-electron chi connectivity index (χ4n) is 3.08. The standard InChI is InChI=1S/C17H22N4/c1-12-11-15(14-9-5-6-10-16(14)19-12)17(21-18)20-13-7-3-2-4-8-13/h5-6,9-11,13H,2-4,7-8,18H2,1H3,(H,20,21). The molecule has 1 saturated carbocycles. The molecule has 0 unspecified atom stereocenters. The maximum Gasteiger partial charge on any atom is 0.143 e. The molecule has 1 fully saturated rings. The van der Waals surface area contributed by atoms with Gasteiger partial charge in [-0.25, -0.2) is 5.84 Å². The average molecular weight is 282 g/mol. The summed E-state index contributed by atoms with van der Waals surface area (Å²) in [4.78, 5) is 9.44. The Morgan fingerprint density at radius 3 is 2.76 bits per heavy atom. The van der Waals surface area contributed by atoms with E-state index in [1.54, 1.807) is 0 Å². The Bertz CT molecular complexity index is 657. The van der Waals surface area contributed by atoms with Crippen molar-refractivity contribution in [2.45, 2.75) is 45.1 Å². The zero-order valence-corrected chi connectivity index (χ0v) is 12.5. The Hall–Kier alpha value is -1.94. The lowest BCUT2D eigenvalue weighted by molar-refractivity contribution is 0.442. The number of nitrogens with one attached hydrogen (secondary N) is 1. The van der Waals surface area contributed by atoms with Crippen LogP contribution in [0, 0.1) is 6.92 Å². The number of aryl methyl sites for hydroxylation is 1. The predicted octanol–water partition coefficient (Wildman–Crippen LogP) is 3.09. The van der Waals surface area contributed by atoms with Crippen molar-refractivity contribution in [1.29, 1.82) is 0 Å². The van der Waals surface area contributed by atoms with E-state index in [9.17, 15) is 0 Å². The third-order valence-electron chi connectivity index (χ3n) is 4.12. The average Bonchev–Trinajstić information content (AvgIpc) is 2.53. The first-order chi connectivity index (χ1) is 10.3. The van der Waals surface area contributed by atoms with Gasteiger partial charge in [-0.3, -0.25) is 9.98 Å². The number of benzene rings is 1. The SMILES string of the molecule is Cc1cc(C(=NC2CCCCC2)NN)c2ccccc2n1. The topological polar surface area (TPSA) is 63.3 Å². The molecule has 3 N–H and O–H groups in total. The molecule has 0 bridgehead atoms. The number of fused-ring (bicyclic) bond motifs is 1. The molecular formula is C17H22N4. The second kappa shape index (κ2) is 6.22. The third-order valence-corrected chi connectivity index (χ3v) is 4.12. The molecule has 21 heavy (non-hydrogen) atoms. The molecule has 4 nitrogen and oxygen atoms in total. The fourth-order valence-corrected chi connectivity index (χ4v) is 3.08. The zero-order chi connectivity index (χ0) is 14.7. The van der Waals surface area contributed by atoms with Gasteiger partial charge in [-0.2, -0.15) is 0 Å². The molecule has 0 atom stereocenters. The number of rotatable bonds is 2. The van der Waals surface area contributed by atoms with Crippen LogP contribution in [0.15, 0.2) is 35.3 Å². The van der Waals surface area contributed by atoms with Crippen LogP contribution in [0.1, 0.15) is 43.4 Å². The van der Waals surface area contributed by atoms with Crippen molar-refractivity contribution in [2.24, 2.45) is 10.8 Å². The van der Waals surface area contributed by atoms with Crippen LogP contribution in [-0.4, -0.2) is 16.9 Å². The Morgan fingerprint density at radius 1 is 1.24 bits per heavy atom. The van der Waals surface area contributed by atoms with Gasteiger partial charge in [0.1, 0.15) is 5.84 Å². The zero-order valence-electron chi connectivity index (χ0n) is 12.5. The van der Waals surface area contributed by atoms with Crippen molar-refractivity contribution in [3.63, 3.8) is 0 Å². The molecule has 1 heterocycles. The summed E-state index contributed by atoms with van der Waals surface area (Å²) in [5, 5.41) is 1.09. The second-order valence-corrected chi connectivity index (χ2v) is 5.74. The molecule has 0 saturated heterocycles.